The normalized spacial score (nSPS) is 12.8. The first kappa shape index (κ1) is 22.2. The number of fused-ring (bicyclic) bond motifs is 6. The van der Waals surface area contributed by atoms with Gasteiger partial charge in [-0.1, -0.05) is 84.9 Å². The first-order chi connectivity index (χ1) is 17.7. The maximum absolute atomic E-state index is 12.4. The van der Waals surface area contributed by atoms with Crippen LogP contribution in [0.15, 0.2) is 97.1 Å². The highest BCUT2D eigenvalue weighted by Gasteiger charge is 2.28. The number of nitrogens with zero attached hydrogens (tertiary/aromatic N) is 1. The number of alkyl carbamates (subject to hydrolysis) is 1. The number of aryl methyl sites for hydroxylation is 1. The van der Waals surface area contributed by atoms with Gasteiger partial charge in [0, 0.05) is 40.8 Å². The van der Waals surface area contributed by atoms with Gasteiger partial charge in [0.25, 0.3) is 0 Å². The summed E-state index contributed by atoms with van der Waals surface area (Å²) >= 11 is 0. The second-order valence-electron chi connectivity index (χ2n) is 9.15. The second kappa shape index (κ2) is 9.38. The summed E-state index contributed by atoms with van der Waals surface area (Å²) in [7, 11) is 0. The summed E-state index contributed by atoms with van der Waals surface area (Å²) in [5, 5.41) is 5.37. The van der Waals surface area contributed by atoms with Gasteiger partial charge in [-0.05, 0) is 52.9 Å². The summed E-state index contributed by atoms with van der Waals surface area (Å²) < 4.78 is 7.97. The number of hydrogen-bond donors (Lipinski definition) is 1. The molecule has 0 unspecified atom stereocenters. The lowest BCUT2D eigenvalue weighted by Gasteiger charge is -2.14. The van der Waals surface area contributed by atoms with Gasteiger partial charge >= 0.3 is 6.09 Å². The third-order valence-corrected chi connectivity index (χ3v) is 7.13. The van der Waals surface area contributed by atoms with Gasteiger partial charge < -0.3 is 14.6 Å². The van der Waals surface area contributed by atoms with Gasteiger partial charge in [0.05, 0.1) is 0 Å². The third-order valence-electron chi connectivity index (χ3n) is 7.13. The Balaban J connectivity index is 1.09. The van der Waals surface area contributed by atoms with Crippen molar-refractivity contribution in [3.05, 3.63) is 114 Å². The molecule has 4 aromatic carbocycles. The SMILES string of the molecule is CCn1c2ccccc2c2cc(C=CCNC(=O)OCC3c4ccccc4-c4ccccc43)ccc21. The van der Waals surface area contributed by atoms with Gasteiger partial charge in [0.1, 0.15) is 6.61 Å². The quantitative estimate of drug-likeness (QED) is 0.280. The lowest BCUT2D eigenvalue weighted by molar-refractivity contribution is 0.144. The van der Waals surface area contributed by atoms with Gasteiger partial charge in [-0.3, -0.25) is 0 Å². The zero-order chi connectivity index (χ0) is 24.5. The Kier molecular flexibility index (Phi) is 5.78. The van der Waals surface area contributed by atoms with Crippen molar-refractivity contribution in [1.82, 2.24) is 9.88 Å². The van der Waals surface area contributed by atoms with Crippen molar-refractivity contribution in [2.45, 2.75) is 19.4 Å². The molecule has 0 aliphatic heterocycles. The number of carbonyl (C=O) groups excluding carboxylic acids is 1. The van der Waals surface area contributed by atoms with Crippen LogP contribution in [0.1, 0.15) is 29.5 Å². The molecule has 0 radical (unpaired) electrons. The number of para-hydroxylation sites is 1. The van der Waals surface area contributed by atoms with Gasteiger partial charge in [0.2, 0.25) is 0 Å². The number of aromatic nitrogens is 1. The van der Waals surface area contributed by atoms with Crippen LogP contribution in [0.3, 0.4) is 0 Å². The fourth-order valence-corrected chi connectivity index (χ4v) is 5.50. The number of hydrogen-bond acceptors (Lipinski definition) is 2. The van der Waals surface area contributed by atoms with Crippen LogP contribution in [0.25, 0.3) is 39.0 Å². The van der Waals surface area contributed by atoms with Crippen molar-refractivity contribution < 1.29 is 9.53 Å². The number of benzene rings is 4. The maximum atomic E-state index is 12.4. The van der Waals surface area contributed by atoms with E-state index in [0.717, 1.165) is 12.1 Å². The Morgan fingerprint density at radius 3 is 2.28 bits per heavy atom. The lowest BCUT2D eigenvalue weighted by Crippen LogP contribution is -2.26. The van der Waals surface area contributed by atoms with Crippen LogP contribution >= 0.6 is 0 Å². The van der Waals surface area contributed by atoms with Gasteiger partial charge in [0.15, 0.2) is 0 Å². The maximum Gasteiger partial charge on any atom is 0.407 e. The molecule has 1 heterocycles. The number of ether oxygens (including phenoxy) is 1. The van der Waals surface area contributed by atoms with Crippen LogP contribution < -0.4 is 5.32 Å². The summed E-state index contributed by atoms with van der Waals surface area (Å²) in [6.07, 6.45) is 3.60. The molecule has 1 aliphatic carbocycles. The molecule has 0 spiro atoms. The summed E-state index contributed by atoms with van der Waals surface area (Å²) in [5.74, 6) is 0.0654. The molecule has 0 saturated heterocycles. The molecule has 1 N–H and O–H groups in total. The molecule has 1 aromatic heterocycles. The number of rotatable bonds is 6. The number of carbonyl (C=O) groups is 1. The second-order valence-corrected chi connectivity index (χ2v) is 9.15. The summed E-state index contributed by atoms with van der Waals surface area (Å²) in [4.78, 5) is 12.4. The summed E-state index contributed by atoms with van der Waals surface area (Å²) in [6.45, 7) is 3.84. The molecule has 5 aromatic rings. The van der Waals surface area contributed by atoms with Gasteiger partial charge in [-0.25, -0.2) is 4.79 Å². The van der Waals surface area contributed by atoms with E-state index in [1.165, 1.54) is 44.1 Å². The van der Waals surface area contributed by atoms with Crippen LogP contribution in [0.5, 0.6) is 0 Å². The highest BCUT2D eigenvalue weighted by atomic mass is 16.5. The van der Waals surface area contributed by atoms with Crippen LogP contribution in [0.2, 0.25) is 0 Å². The Morgan fingerprint density at radius 2 is 1.53 bits per heavy atom. The zero-order valence-corrected chi connectivity index (χ0v) is 20.3. The number of amides is 1. The molecule has 1 aliphatic rings. The Morgan fingerprint density at radius 1 is 0.861 bits per heavy atom. The largest absolute Gasteiger partial charge is 0.449 e. The highest BCUT2D eigenvalue weighted by molar-refractivity contribution is 6.08. The minimum atomic E-state index is -0.400. The minimum Gasteiger partial charge on any atom is -0.449 e. The van der Waals surface area contributed by atoms with Crippen molar-refractivity contribution in [3.63, 3.8) is 0 Å². The molecule has 178 valence electrons. The predicted octanol–water partition coefficient (Wildman–Crippen LogP) is 7.37. The molecular weight excluding hydrogens is 444 g/mol. The van der Waals surface area contributed by atoms with Crippen LogP contribution in [-0.4, -0.2) is 23.8 Å². The fourth-order valence-electron chi connectivity index (χ4n) is 5.50. The molecule has 0 fully saturated rings. The van der Waals surface area contributed by atoms with E-state index in [9.17, 15) is 4.79 Å². The fraction of sp³-hybridized carbons (Fsp3) is 0.156. The molecule has 4 heteroatoms. The molecule has 36 heavy (non-hydrogen) atoms. The molecule has 0 saturated carbocycles. The standard InChI is InChI=1S/C32H28N2O2/c1-2-34-30-16-8-7-15-27(30)28-20-22(17-18-31(28)34)10-9-19-33-32(35)36-21-29-25-13-5-3-11-23(25)24-12-4-6-14-26(24)29/h3-18,20,29H,2,19,21H2,1H3,(H,33,35). The smallest absolute Gasteiger partial charge is 0.407 e. The van der Waals surface area contributed by atoms with Crippen molar-refractivity contribution in [1.29, 1.82) is 0 Å². The van der Waals surface area contributed by atoms with Gasteiger partial charge in [-0.15, -0.1) is 0 Å². The van der Waals surface area contributed by atoms with Crippen LogP contribution in [0, 0.1) is 0 Å². The minimum absolute atomic E-state index is 0.0654. The molecule has 0 atom stereocenters. The topological polar surface area (TPSA) is 43.3 Å². The van der Waals surface area contributed by atoms with Crippen LogP contribution in [0.4, 0.5) is 4.79 Å². The number of nitrogens with one attached hydrogen (secondary N) is 1. The van der Waals surface area contributed by atoms with Crippen molar-refractivity contribution in [3.8, 4) is 11.1 Å². The van der Waals surface area contributed by atoms with E-state index in [1.54, 1.807) is 0 Å². The van der Waals surface area contributed by atoms with Crippen LogP contribution in [-0.2, 0) is 11.3 Å². The third kappa shape index (κ3) is 3.85. The van der Waals surface area contributed by atoms with Crippen molar-refractivity contribution >= 4 is 34.0 Å². The Bertz CT molecular complexity index is 1570. The molecule has 0 bridgehead atoms. The Labute approximate surface area is 210 Å². The predicted molar refractivity (Wildman–Crippen MR) is 147 cm³/mol. The van der Waals surface area contributed by atoms with E-state index in [1.807, 2.05) is 24.3 Å². The molecular formula is C32H28N2O2. The van der Waals surface area contributed by atoms with E-state index in [2.05, 4.69) is 95.7 Å². The molecule has 6 rings (SSSR count). The van der Waals surface area contributed by atoms with Crippen molar-refractivity contribution in [2.75, 3.05) is 13.2 Å². The first-order valence-electron chi connectivity index (χ1n) is 12.5. The average Bonchev–Trinajstić information content (AvgIpc) is 3.42. The summed E-state index contributed by atoms with van der Waals surface area (Å²) in [6, 6.07) is 31.7. The van der Waals surface area contributed by atoms with E-state index in [0.29, 0.717) is 13.2 Å². The monoisotopic (exact) mass is 472 g/mol. The van der Waals surface area contributed by atoms with Gasteiger partial charge in [-0.2, -0.15) is 0 Å². The summed E-state index contributed by atoms with van der Waals surface area (Å²) in [5.41, 5.74) is 8.49. The van der Waals surface area contributed by atoms with E-state index in [-0.39, 0.29) is 5.92 Å². The highest BCUT2D eigenvalue weighted by Crippen LogP contribution is 2.44. The Hall–Kier alpha value is -4.31. The first-order valence-corrected chi connectivity index (χ1v) is 12.5. The van der Waals surface area contributed by atoms with E-state index < -0.39 is 6.09 Å². The van der Waals surface area contributed by atoms with E-state index in [4.69, 9.17) is 4.74 Å². The average molecular weight is 473 g/mol. The lowest BCUT2D eigenvalue weighted by atomic mass is 9.98. The van der Waals surface area contributed by atoms with E-state index >= 15 is 0 Å². The molecule has 4 nitrogen and oxygen atoms in total. The zero-order valence-electron chi connectivity index (χ0n) is 20.3. The molecule has 1 amide bonds. The van der Waals surface area contributed by atoms with Crippen molar-refractivity contribution in [2.24, 2.45) is 0 Å².